The van der Waals surface area contributed by atoms with E-state index in [1.54, 1.807) is 0 Å². The van der Waals surface area contributed by atoms with Gasteiger partial charge in [0.05, 0.1) is 19.7 Å². The van der Waals surface area contributed by atoms with Crippen molar-refractivity contribution >= 4 is 14.0 Å². The van der Waals surface area contributed by atoms with Crippen molar-refractivity contribution in [2.45, 2.75) is 50.4 Å². The molecule has 2 aliphatic rings. The first-order valence-corrected chi connectivity index (χ1v) is 8.46. The molecular weight excluding hydrogens is 192 g/mol. The first kappa shape index (κ1) is 10.2. The number of carbonyl (C=O) groups is 1. The van der Waals surface area contributed by atoms with Gasteiger partial charge in [0, 0.05) is 5.92 Å². The van der Waals surface area contributed by atoms with Crippen molar-refractivity contribution in [1.29, 1.82) is 0 Å². The Morgan fingerprint density at radius 1 is 1.36 bits per heavy atom. The van der Waals surface area contributed by atoms with E-state index in [2.05, 4.69) is 20.8 Å². The van der Waals surface area contributed by atoms with Gasteiger partial charge in [0.15, 0.2) is 0 Å². The highest BCUT2D eigenvalue weighted by molar-refractivity contribution is 6.86. The van der Waals surface area contributed by atoms with Crippen LogP contribution in [0.3, 0.4) is 0 Å². The summed E-state index contributed by atoms with van der Waals surface area (Å²) in [4.78, 5) is 11.9. The van der Waals surface area contributed by atoms with Gasteiger partial charge < -0.3 is 4.74 Å². The number of hydrogen-bond donors (Lipinski definition) is 0. The minimum atomic E-state index is -1.37. The van der Waals surface area contributed by atoms with Gasteiger partial charge in [-0.1, -0.05) is 38.9 Å². The maximum absolute atomic E-state index is 11.9. The van der Waals surface area contributed by atoms with E-state index in [1.165, 1.54) is 18.1 Å². The molecular formula is C11H20O2Si. The van der Waals surface area contributed by atoms with Crippen LogP contribution in [0.1, 0.15) is 27.2 Å². The lowest BCUT2D eigenvalue weighted by atomic mass is 10.4. The topological polar surface area (TPSA) is 26.3 Å². The second-order valence-corrected chi connectivity index (χ2v) is 10.4. The van der Waals surface area contributed by atoms with Crippen molar-refractivity contribution in [2.24, 2.45) is 5.92 Å². The summed E-state index contributed by atoms with van der Waals surface area (Å²) in [6.45, 7) is 7.53. The number of rotatable bonds is 4. The van der Waals surface area contributed by atoms with Crippen LogP contribution in [0.15, 0.2) is 0 Å². The molecule has 0 aromatic carbocycles. The molecule has 1 saturated heterocycles. The lowest BCUT2D eigenvalue weighted by molar-refractivity contribution is -0.140. The van der Waals surface area contributed by atoms with E-state index in [-0.39, 0.29) is 11.0 Å². The maximum Gasteiger partial charge on any atom is 0.309 e. The van der Waals surface area contributed by atoms with Crippen LogP contribution in [-0.4, -0.2) is 20.7 Å². The summed E-state index contributed by atoms with van der Waals surface area (Å²) in [5.41, 5.74) is 0. The molecule has 0 unspecified atom stereocenters. The van der Waals surface area contributed by atoms with Crippen molar-refractivity contribution in [3.63, 3.8) is 0 Å². The maximum atomic E-state index is 11.9. The Morgan fingerprint density at radius 3 is 2.21 bits per heavy atom. The molecule has 1 heterocycles. The molecule has 0 aromatic rings. The average molecular weight is 212 g/mol. The van der Waals surface area contributed by atoms with E-state index in [1.807, 2.05) is 0 Å². The molecule has 0 N–H and O–H groups in total. The number of cyclic esters (lactones) is 1. The molecule has 0 bridgehead atoms. The van der Waals surface area contributed by atoms with Crippen molar-refractivity contribution in [3.8, 4) is 0 Å². The third-order valence-electron chi connectivity index (χ3n) is 4.86. The molecule has 2 rings (SSSR count). The number of esters is 1. The molecule has 14 heavy (non-hydrogen) atoms. The predicted molar refractivity (Wildman–Crippen MR) is 59.0 cm³/mol. The number of fused-ring (bicyclic) bond motifs is 1. The van der Waals surface area contributed by atoms with Crippen LogP contribution in [0, 0.1) is 5.92 Å². The minimum Gasteiger partial charge on any atom is -0.465 e. The van der Waals surface area contributed by atoms with Gasteiger partial charge >= 0.3 is 5.97 Å². The molecule has 0 radical (unpaired) electrons. The molecule has 2 nitrogen and oxygen atoms in total. The molecule has 2 atom stereocenters. The summed E-state index contributed by atoms with van der Waals surface area (Å²) in [6, 6.07) is 3.72. The van der Waals surface area contributed by atoms with Crippen LogP contribution >= 0.6 is 0 Å². The van der Waals surface area contributed by atoms with Gasteiger partial charge in [0.25, 0.3) is 0 Å². The molecule has 1 saturated carbocycles. The van der Waals surface area contributed by atoms with E-state index < -0.39 is 8.07 Å². The van der Waals surface area contributed by atoms with Crippen molar-refractivity contribution in [3.05, 3.63) is 0 Å². The van der Waals surface area contributed by atoms with E-state index >= 15 is 0 Å². The van der Waals surface area contributed by atoms with E-state index in [0.717, 1.165) is 6.42 Å². The van der Waals surface area contributed by atoms with Gasteiger partial charge in [0.2, 0.25) is 0 Å². The zero-order chi connectivity index (χ0) is 10.4. The lowest BCUT2D eigenvalue weighted by Gasteiger charge is -2.34. The molecule has 1 aliphatic carbocycles. The standard InChI is InChI=1S/C11H20O2Si/c1-4-14(5-2,6-3)11-7-9(11)8-13-10(11)12/h9H,4-8H2,1-3H3/t9-,11+/m1/s1. The van der Waals surface area contributed by atoms with Crippen LogP contribution in [0.25, 0.3) is 0 Å². The highest BCUT2D eigenvalue weighted by Crippen LogP contribution is 2.72. The summed E-state index contributed by atoms with van der Waals surface area (Å²) in [5, 5.41) is 0.0608. The third kappa shape index (κ3) is 0.940. The molecule has 0 amide bonds. The monoisotopic (exact) mass is 212 g/mol. The SMILES string of the molecule is CC[Si](CC)(CC)[C@@]12C[C@@H]1COC2=O. The zero-order valence-electron chi connectivity index (χ0n) is 9.43. The minimum absolute atomic E-state index is 0.0608. The fourth-order valence-corrected chi connectivity index (χ4v) is 9.18. The molecule has 0 spiro atoms. The van der Waals surface area contributed by atoms with Gasteiger partial charge in [-0.2, -0.15) is 0 Å². The van der Waals surface area contributed by atoms with Crippen LogP contribution in [-0.2, 0) is 9.53 Å². The number of ether oxygens (including phenoxy) is 1. The van der Waals surface area contributed by atoms with Gasteiger partial charge in [-0.3, -0.25) is 4.79 Å². The number of hydrogen-bond acceptors (Lipinski definition) is 2. The Kier molecular flexibility index (Phi) is 2.25. The van der Waals surface area contributed by atoms with E-state index in [9.17, 15) is 4.79 Å². The molecule has 3 heteroatoms. The Labute approximate surface area is 87.0 Å². The van der Waals surface area contributed by atoms with Crippen molar-refractivity contribution in [1.82, 2.24) is 0 Å². The second kappa shape index (κ2) is 3.09. The Bertz CT molecular complexity index is 252. The Balaban J connectivity index is 2.32. The quantitative estimate of drug-likeness (QED) is 0.529. The average Bonchev–Trinajstić information content (AvgIpc) is 2.87. The Morgan fingerprint density at radius 2 is 1.93 bits per heavy atom. The highest BCUT2D eigenvalue weighted by Gasteiger charge is 2.74. The molecule has 80 valence electrons. The summed E-state index contributed by atoms with van der Waals surface area (Å²) < 4.78 is 5.23. The van der Waals surface area contributed by atoms with Gasteiger partial charge in [-0.05, 0) is 6.42 Å². The largest absolute Gasteiger partial charge is 0.465 e. The van der Waals surface area contributed by atoms with Gasteiger partial charge in [0.1, 0.15) is 0 Å². The summed E-state index contributed by atoms with van der Waals surface area (Å²) in [7, 11) is -1.37. The van der Waals surface area contributed by atoms with Gasteiger partial charge in [-0.25, -0.2) is 0 Å². The van der Waals surface area contributed by atoms with Crippen LogP contribution in [0.5, 0.6) is 0 Å². The van der Waals surface area contributed by atoms with Crippen molar-refractivity contribution in [2.75, 3.05) is 6.61 Å². The van der Waals surface area contributed by atoms with E-state index in [4.69, 9.17) is 4.74 Å². The van der Waals surface area contributed by atoms with Crippen LogP contribution < -0.4 is 0 Å². The van der Waals surface area contributed by atoms with Crippen molar-refractivity contribution < 1.29 is 9.53 Å². The smallest absolute Gasteiger partial charge is 0.309 e. The molecule has 0 aromatic heterocycles. The summed E-state index contributed by atoms with van der Waals surface area (Å²) >= 11 is 0. The molecule has 2 fully saturated rings. The fraction of sp³-hybridized carbons (Fsp3) is 0.909. The van der Waals surface area contributed by atoms with Crippen LogP contribution in [0.4, 0.5) is 0 Å². The first-order chi connectivity index (χ1) is 6.66. The lowest BCUT2D eigenvalue weighted by Crippen LogP contribution is -2.42. The zero-order valence-corrected chi connectivity index (χ0v) is 10.4. The Hall–Kier alpha value is -0.313. The normalized spacial score (nSPS) is 35.4. The molecule has 1 aliphatic heterocycles. The fourth-order valence-electron chi connectivity index (χ4n) is 3.65. The summed E-state index contributed by atoms with van der Waals surface area (Å²) in [6.07, 6.45) is 1.15. The second-order valence-electron chi connectivity index (χ2n) is 4.81. The summed E-state index contributed by atoms with van der Waals surface area (Å²) in [5.74, 6) is 0.751. The van der Waals surface area contributed by atoms with Crippen LogP contribution in [0.2, 0.25) is 23.2 Å². The van der Waals surface area contributed by atoms with E-state index in [0.29, 0.717) is 12.5 Å². The number of carbonyl (C=O) groups excluding carboxylic acids is 1. The van der Waals surface area contributed by atoms with Gasteiger partial charge in [-0.15, -0.1) is 0 Å². The third-order valence-corrected chi connectivity index (χ3v) is 11.6. The first-order valence-electron chi connectivity index (χ1n) is 5.84. The predicted octanol–water partition coefficient (Wildman–Crippen LogP) is 2.81. The highest BCUT2D eigenvalue weighted by atomic mass is 28.3.